The van der Waals surface area contributed by atoms with Gasteiger partial charge in [-0.2, -0.15) is 4.98 Å². The number of benzene rings is 1. The van der Waals surface area contributed by atoms with Crippen molar-refractivity contribution in [3.8, 4) is 11.4 Å². The van der Waals surface area contributed by atoms with Crippen LogP contribution in [-0.2, 0) is 4.79 Å². The summed E-state index contributed by atoms with van der Waals surface area (Å²) in [5, 5.41) is 3.96. The minimum atomic E-state index is -0.332. The van der Waals surface area contributed by atoms with E-state index >= 15 is 0 Å². The van der Waals surface area contributed by atoms with Crippen molar-refractivity contribution in [3.05, 3.63) is 36.0 Å². The number of likely N-dealkylation sites (tertiary alicyclic amines) is 1. The van der Waals surface area contributed by atoms with Crippen LogP contribution in [0.25, 0.3) is 11.4 Å². The van der Waals surface area contributed by atoms with Crippen LogP contribution in [0, 0.1) is 11.7 Å². The number of hydrogen-bond donors (Lipinski definition) is 0. The van der Waals surface area contributed by atoms with E-state index in [1.165, 1.54) is 12.1 Å². The van der Waals surface area contributed by atoms with Crippen molar-refractivity contribution in [1.29, 1.82) is 0 Å². The highest BCUT2D eigenvalue weighted by Crippen LogP contribution is 2.28. The molecular formula is C18H22FN3O2. The lowest BCUT2D eigenvalue weighted by Gasteiger charge is -2.31. The van der Waals surface area contributed by atoms with Gasteiger partial charge in [0, 0.05) is 25.1 Å². The number of halogens is 1. The number of carbonyl (C=O) groups excluding carboxylic acids is 1. The van der Waals surface area contributed by atoms with Crippen molar-refractivity contribution in [2.45, 2.75) is 39.0 Å². The second-order valence-electron chi connectivity index (χ2n) is 6.74. The van der Waals surface area contributed by atoms with E-state index in [0.717, 1.165) is 19.4 Å². The Morgan fingerprint density at radius 1 is 1.46 bits per heavy atom. The average Bonchev–Trinajstić information content (AvgIpc) is 3.04. The molecule has 0 N–H and O–H groups in total. The van der Waals surface area contributed by atoms with E-state index in [0.29, 0.717) is 36.2 Å². The molecule has 1 amide bonds. The Morgan fingerprint density at radius 3 is 3.04 bits per heavy atom. The van der Waals surface area contributed by atoms with Crippen LogP contribution in [0.4, 0.5) is 4.39 Å². The normalized spacial score (nSPS) is 18.2. The molecule has 2 aromatic rings. The Balaban J connectivity index is 1.71. The lowest BCUT2D eigenvalue weighted by molar-refractivity contribution is -0.133. The molecule has 1 aliphatic rings. The SMILES string of the molecule is CC(C)CC(=O)N1CCCC(c2nc(-c3cccc(F)c3)no2)C1. The summed E-state index contributed by atoms with van der Waals surface area (Å²) in [4.78, 5) is 18.6. The van der Waals surface area contributed by atoms with Crippen molar-refractivity contribution in [2.75, 3.05) is 13.1 Å². The highest BCUT2D eigenvalue weighted by molar-refractivity contribution is 5.76. The minimum Gasteiger partial charge on any atom is -0.342 e. The first-order valence-corrected chi connectivity index (χ1v) is 8.40. The summed E-state index contributed by atoms with van der Waals surface area (Å²) in [6.45, 7) is 5.48. The first-order valence-electron chi connectivity index (χ1n) is 8.40. The average molecular weight is 331 g/mol. The van der Waals surface area contributed by atoms with Crippen LogP contribution in [0.15, 0.2) is 28.8 Å². The van der Waals surface area contributed by atoms with Crippen LogP contribution in [0.2, 0.25) is 0 Å². The van der Waals surface area contributed by atoms with Crippen molar-refractivity contribution >= 4 is 5.91 Å². The predicted octanol–water partition coefficient (Wildman–Crippen LogP) is 3.63. The van der Waals surface area contributed by atoms with E-state index in [-0.39, 0.29) is 17.6 Å². The van der Waals surface area contributed by atoms with Gasteiger partial charge in [0.1, 0.15) is 5.82 Å². The Kier molecular flexibility index (Phi) is 4.92. The van der Waals surface area contributed by atoms with Gasteiger partial charge in [0.25, 0.3) is 0 Å². The van der Waals surface area contributed by atoms with E-state index in [4.69, 9.17) is 4.52 Å². The zero-order valence-electron chi connectivity index (χ0n) is 14.0. The van der Waals surface area contributed by atoms with Gasteiger partial charge >= 0.3 is 0 Å². The molecule has 1 saturated heterocycles. The molecule has 1 aromatic heterocycles. The number of hydrogen-bond acceptors (Lipinski definition) is 4. The fraction of sp³-hybridized carbons (Fsp3) is 0.500. The zero-order chi connectivity index (χ0) is 17.1. The molecule has 1 atom stereocenters. The third kappa shape index (κ3) is 3.80. The summed E-state index contributed by atoms with van der Waals surface area (Å²) in [6, 6.07) is 6.13. The van der Waals surface area contributed by atoms with Crippen LogP contribution in [0.5, 0.6) is 0 Å². The van der Waals surface area contributed by atoms with Gasteiger partial charge in [-0.05, 0) is 30.9 Å². The lowest BCUT2D eigenvalue weighted by Crippen LogP contribution is -2.39. The van der Waals surface area contributed by atoms with Crippen LogP contribution < -0.4 is 0 Å². The maximum absolute atomic E-state index is 13.3. The van der Waals surface area contributed by atoms with Gasteiger partial charge in [0.2, 0.25) is 17.6 Å². The summed E-state index contributed by atoms with van der Waals surface area (Å²) in [6.07, 6.45) is 2.40. The number of aromatic nitrogens is 2. The smallest absolute Gasteiger partial charge is 0.231 e. The highest BCUT2D eigenvalue weighted by Gasteiger charge is 2.28. The molecule has 0 spiro atoms. The summed E-state index contributed by atoms with van der Waals surface area (Å²) in [5.74, 6) is 1.15. The molecular weight excluding hydrogens is 309 g/mol. The fourth-order valence-corrected chi connectivity index (χ4v) is 3.03. The number of carbonyl (C=O) groups is 1. The Morgan fingerprint density at radius 2 is 2.29 bits per heavy atom. The molecule has 1 aliphatic heterocycles. The monoisotopic (exact) mass is 331 g/mol. The van der Waals surface area contributed by atoms with Crippen LogP contribution in [-0.4, -0.2) is 34.0 Å². The molecule has 0 saturated carbocycles. The molecule has 2 heterocycles. The topological polar surface area (TPSA) is 59.2 Å². The molecule has 1 aromatic carbocycles. The Bertz CT molecular complexity index is 714. The van der Waals surface area contributed by atoms with Crippen molar-refractivity contribution in [3.63, 3.8) is 0 Å². The highest BCUT2D eigenvalue weighted by atomic mass is 19.1. The lowest BCUT2D eigenvalue weighted by atomic mass is 9.97. The second kappa shape index (κ2) is 7.11. The van der Waals surface area contributed by atoms with E-state index in [1.54, 1.807) is 12.1 Å². The largest absolute Gasteiger partial charge is 0.342 e. The van der Waals surface area contributed by atoms with E-state index in [2.05, 4.69) is 10.1 Å². The molecule has 6 heteroatoms. The third-order valence-electron chi connectivity index (χ3n) is 4.23. The molecule has 0 aliphatic carbocycles. The van der Waals surface area contributed by atoms with Crippen LogP contribution in [0.1, 0.15) is 44.9 Å². The summed E-state index contributed by atoms with van der Waals surface area (Å²) in [7, 11) is 0. The van der Waals surface area contributed by atoms with Gasteiger partial charge in [-0.1, -0.05) is 31.1 Å². The van der Waals surface area contributed by atoms with Gasteiger partial charge in [0.15, 0.2) is 0 Å². The number of nitrogens with zero attached hydrogens (tertiary/aromatic N) is 3. The summed E-state index contributed by atoms with van der Waals surface area (Å²) >= 11 is 0. The fourth-order valence-electron chi connectivity index (χ4n) is 3.03. The van der Waals surface area contributed by atoms with E-state index < -0.39 is 0 Å². The van der Waals surface area contributed by atoms with E-state index in [1.807, 2.05) is 18.7 Å². The van der Waals surface area contributed by atoms with Crippen molar-refractivity contribution < 1.29 is 13.7 Å². The maximum Gasteiger partial charge on any atom is 0.231 e. The zero-order valence-corrected chi connectivity index (χ0v) is 14.0. The number of amides is 1. The first kappa shape index (κ1) is 16.6. The number of rotatable bonds is 4. The van der Waals surface area contributed by atoms with E-state index in [9.17, 15) is 9.18 Å². The van der Waals surface area contributed by atoms with Crippen molar-refractivity contribution in [2.24, 2.45) is 5.92 Å². The Labute approximate surface area is 140 Å². The van der Waals surface area contributed by atoms with Gasteiger partial charge in [0.05, 0.1) is 5.92 Å². The molecule has 3 rings (SSSR count). The van der Waals surface area contributed by atoms with Crippen LogP contribution in [0.3, 0.4) is 0 Å². The molecule has 128 valence electrons. The molecule has 24 heavy (non-hydrogen) atoms. The minimum absolute atomic E-state index is 0.0460. The first-order chi connectivity index (χ1) is 11.5. The van der Waals surface area contributed by atoms with Gasteiger partial charge < -0.3 is 9.42 Å². The molecule has 0 bridgehead atoms. The third-order valence-corrected chi connectivity index (χ3v) is 4.23. The van der Waals surface area contributed by atoms with Crippen LogP contribution >= 0.6 is 0 Å². The Hall–Kier alpha value is -2.24. The summed E-state index contributed by atoms with van der Waals surface area (Å²) < 4.78 is 18.7. The second-order valence-corrected chi connectivity index (χ2v) is 6.74. The predicted molar refractivity (Wildman–Crippen MR) is 87.7 cm³/mol. The number of piperidine rings is 1. The molecule has 1 fully saturated rings. The quantitative estimate of drug-likeness (QED) is 0.858. The van der Waals surface area contributed by atoms with Gasteiger partial charge in [-0.15, -0.1) is 0 Å². The summed E-state index contributed by atoms with van der Waals surface area (Å²) in [5.41, 5.74) is 0.591. The van der Waals surface area contributed by atoms with Gasteiger partial charge in [-0.3, -0.25) is 4.79 Å². The maximum atomic E-state index is 13.3. The molecule has 0 radical (unpaired) electrons. The van der Waals surface area contributed by atoms with Gasteiger partial charge in [-0.25, -0.2) is 4.39 Å². The molecule has 1 unspecified atom stereocenters. The molecule has 5 nitrogen and oxygen atoms in total. The standard InChI is InChI=1S/C18H22FN3O2/c1-12(2)9-16(23)22-8-4-6-14(11-22)18-20-17(21-24-18)13-5-3-7-15(19)10-13/h3,5,7,10,12,14H,4,6,8-9,11H2,1-2H3. The van der Waals surface area contributed by atoms with Crippen molar-refractivity contribution in [1.82, 2.24) is 15.0 Å².